The molecule has 1 fully saturated rings. The Morgan fingerprint density at radius 2 is 2.04 bits per heavy atom. The van der Waals surface area contributed by atoms with E-state index in [9.17, 15) is 4.79 Å². The van der Waals surface area contributed by atoms with Gasteiger partial charge in [0.1, 0.15) is 5.52 Å². The number of fused-ring (bicyclic) bond motifs is 1. The van der Waals surface area contributed by atoms with E-state index in [4.69, 9.17) is 4.42 Å². The summed E-state index contributed by atoms with van der Waals surface area (Å²) in [5.41, 5.74) is 2.07. The fourth-order valence-electron chi connectivity index (χ4n) is 3.11. The van der Waals surface area contributed by atoms with Gasteiger partial charge in [-0.15, -0.1) is 0 Å². The number of oxazole rings is 1. The van der Waals surface area contributed by atoms with Crippen molar-refractivity contribution in [1.82, 2.24) is 15.2 Å². The maximum absolute atomic E-state index is 12.1. The molecule has 2 amide bonds. The fourth-order valence-corrected chi connectivity index (χ4v) is 3.11. The maximum atomic E-state index is 12.1. The number of aromatic nitrogens is 1. The number of amides is 2. The average Bonchev–Trinajstić information content (AvgIpc) is 3.00. The van der Waals surface area contributed by atoms with E-state index >= 15 is 0 Å². The van der Waals surface area contributed by atoms with Crippen LogP contribution in [0.4, 0.5) is 10.5 Å². The minimum Gasteiger partial charge on any atom is -0.440 e. The summed E-state index contributed by atoms with van der Waals surface area (Å²) in [6.45, 7) is 12.3. The molecule has 26 heavy (non-hydrogen) atoms. The number of anilines is 1. The Morgan fingerprint density at radius 3 is 2.73 bits per heavy atom. The molecule has 0 radical (unpaired) electrons. The Kier molecular flexibility index (Phi) is 5.51. The smallest absolute Gasteiger partial charge is 0.319 e. The van der Waals surface area contributed by atoms with Crippen molar-refractivity contribution in [2.45, 2.75) is 46.0 Å². The highest BCUT2D eigenvalue weighted by molar-refractivity contribution is 5.91. The number of urea groups is 1. The van der Waals surface area contributed by atoms with E-state index in [1.54, 1.807) is 0 Å². The van der Waals surface area contributed by atoms with Crippen LogP contribution >= 0.6 is 0 Å². The van der Waals surface area contributed by atoms with Gasteiger partial charge in [0.2, 0.25) is 5.89 Å². The van der Waals surface area contributed by atoms with Crippen molar-refractivity contribution in [2.75, 3.05) is 31.5 Å². The molecule has 0 atom stereocenters. The van der Waals surface area contributed by atoms with Gasteiger partial charge in [-0.25, -0.2) is 9.78 Å². The Morgan fingerprint density at radius 1 is 1.31 bits per heavy atom. The SMILES string of the molecule is CC1CCN(CCNC(=O)Nc2ccc3oc(C(C)(C)C)nc3c2)CC1. The van der Waals surface area contributed by atoms with E-state index in [0.29, 0.717) is 12.4 Å². The summed E-state index contributed by atoms with van der Waals surface area (Å²) >= 11 is 0. The van der Waals surface area contributed by atoms with E-state index in [1.807, 2.05) is 18.2 Å². The molecule has 0 aliphatic carbocycles. The summed E-state index contributed by atoms with van der Waals surface area (Å²) in [6, 6.07) is 5.35. The summed E-state index contributed by atoms with van der Waals surface area (Å²) in [7, 11) is 0. The zero-order chi connectivity index (χ0) is 18.7. The van der Waals surface area contributed by atoms with E-state index in [2.05, 4.69) is 48.2 Å². The monoisotopic (exact) mass is 358 g/mol. The van der Waals surface area contributed by atoms with Crippen LogP contribution in [0.25, 0.3) is 11.1 Å². The van der Waals surface area contributed by atoms with E-state index in [1.165, 1.54) is 12.8 Å². The zero-order valence-electron chi connectivity index (χ0n) is 16.3. The molecule has 0 unspecified atom stereocenters. The molecule has 0 saturated carbocycles. The average molecular weight is 358 g/mol. The first-order chi connectivity index (χ1) is 12.3. The first-order valence-corrected chi connectivity index (χ1v) is 9.49. The predicted octanol–water partition coefficient (Wildman–Crippen LogP) is 3.98. The summed E-state index contributed by atoms with van der Waals surface area (Å²) in [6.07, 6.45) is 2.50. The van der Waals surface area contributed by atoms with Crippen LogP contribution in [0, 0.1) is 5.92 Å². The van der Waals surface area contributed by atoms with Gasteiger partial charge in [0.15, 0.2) is 5.58 Å². The molecule has 2 N–H and O–H groups in total. The van der Waals surface area contributed by atoms with Crippen molar-refractivity contribution in [3.63, 3.8) is 0 Å². The van der Waals surface area contributed by atoms with E-state index < -0.39 is 0 Å². The second kappa shape index (κ2) is 7.66. The van der Waals surface area contributed by atoms with Gasteiger partial charge in [0.05, 0.1) is 0 Å². The number of nitrogens with one attached hydrogen (secondary N) is 2. The largest absolute Gasteiger partial charge is 0.440 e. The molecule has 0 bridgehead atoms. The lowest BCUT2D eigenvalue weighted by Gasteiger charge is -2.30. The third kappa shape index (κ3) is 4.75. The summed E-state index contributed by atoms with van der Waals surface area (Å²) in [5.74, 6) is 1.53. The van der Waals surface area contributed by atoms with Gasteiger partial charge < -0.3 is 20.0 Å². The second-order valence-corrected chi connectivity index (χ2v) is 8.36. The molecule has 2 aromatic rings. The molecule has 3 rings (SSSR count). The number of likely N-dealkylation sites (tertiary alicyclic amines) is 1. The van der Waals surface area contributed by atoms with Crippen molar-refractivity contribution in [3.05, 3.63) is 24.1 Å². The van der Waals surface area contributed by atoms with Crippen molar-refractivity contribution < 1.29 is 9.21 Å². The Labute approximate surface area is 155 Å². The van der Waals surface area contributed by atoms with Crippen LogP contribution in [0.15, 0.2) is 22.6 Å². The van der Waals surface area contributed by atoms with Crippen molar-refractivity contribution >= 4 is 22.8 Å². The number of rotatable bonds is 4. The first kappa shape index (κ1) is 18.7. The number of piperidine rings is 1. The lowest BCUT2D eigenvalue weighted by atomic mass is 9.97. The number of carbonyl (C=O) groups excluding carboxylic acids is 1. The lowest BCUT2D eigenvalue weighted by molar-refractivity contribution is 0.192. The molecule has 142 valence electrons. The van der Waals surface area contributed by atoms with Crippen LogP contribution < -0.4 is 10.6 Å². The number of hydrogen-bond donors (Lipinski definition) is 2. The molecular weight excluding hydrogens is 328 g/mol. The number of hydrogen-bond acceptors (Lipinski definition) is 4. The molecule has 0 spiro atoms. The van der Waals surface area contributed by atoms with Crippen molar-refractivity contribution in [1.29, 1.82) is 0 Å². The lowest BCUT2D eigenvalue weighted by Crippen LogP contribution is -2.40. The third-order valence-electron chi connectivity index (χ3n) is 4.88. The maximum Gasteiger partial charge on any atom is 0.319 e. The highest BCUT2D eigenvalue weighted by atomic mass is 16.3. The van der Waals surface area contributed by atoms with Gasteiger partial charge in [0.25, 0.3) is 0 Å². The molecule has 1 aliphatic heterocycles. The fraction of sp³-hybridized carbons (Fsp3) is 0.600. The Hall–Kier alpha value is -2.08. The van der Waals surface area contributed by atoms with Crippen molar-refractivity contribution in [2.24, 2.45) is 5.92 Å². The highest BCUT2D eigenvalue weighted by Gasteiger charge is 2.21. The molecule has 1 aromatic carbocycles. The first-order valence-electron chi connectivity index (χ1n) is 9.49. The normalized spacial score (nSPS) is 16.8. The molecule has 1 saturated heterocycles. The van der Waals surface area contributed by atoms with Crippen LogP contribution in [0.3, 0.4) is 0 Å². The van der Waals surface area contributed by atoms with Gasteiger partial charge in [0, 0.05) is 24.2 Å². The summed E-state index contributed by atoms with van der Waals surface area (Å²) in [4.78, 5) is 19.1. The number of nitrogens with zero attached hydrogens (tertiary/aromatic N) is 2. The topological polar surface area (TPSA) is 70.4 Å². The molecule has 6 heteroatoms. The predicted molar refractivity (Wildman–Crippen MR) is 105 cm³/mol. The molecule has 1 aliphatic rings. The molecule has 1 aromatic heterocycles. The summed E-state index contributed by atoms with van der Waals surface area (Å²) in [5, 5.41) is 5.81. The van der Waals surface area contributed by atoms with E-state index in [-0.39, 0.29) is 11.4 Å². The van der Waals surface area contributed by atoms with Gasteiger partial charge in [-0.05, 0) is 50.0 Å². The highest BCUT2D eigenvalue weighted by Crippen LogP contribution is 2.27. The van der Waals surface area contributed by atoms with Gasteiger partial charge >= 0.3 is 6.03 Å². The van der Waals surface area contributed by atoms with Gasteiger partial charge in [-0.1, -0.05) is 27.7 Å². The van der Waals surface area contributed by atoms with Crippen LogP contribution in [0.2, 0.25) is 0 Å². The quantitative estimate of drug-likeness (QED) is 0.867. The van der Waals surface area contributed by atoms with Crippen molar-refractivity contribution in [3.8, 4) is 0 Å². The van der Waals surface area contributed by atoms with Crippen LogP contribution in [0.5, 0.6) is 0 Å². The number of carbonyl (C=O) groups is 1. The Balaban J connectivity index is 1.51. The Bertz CT molecular complexity index is 755. The minimum atomic E-state index is -0.186. The molecule has 6 nitrogen and oxygen atoms in total. The van der Waals surface area contributed by atoms with Crippen LogP contribution in [-0.2, 0) is 5.41 Å². The molecule has 2 heterocycles. The van der Waals surface area contributed by atoms with E-state index in [0.717, 1.165) is 42.3 Å². The third-order valence-corrected chi connectivity index (χ3v) is 4.88. The van der Waals surface area contributed by atoms with Gasteiger partial charge in [-0.2, -0.15) is 0 Å². The van der Waals surface area contributed by atoms with Crippen LogP contribution in [-0.4, -0.2) is 42.1 Å². The zero-order valence-corrected chi connectivity index (χ0v) is 16.3. The van der Waals surface area contributed by atoms with Gasteiger partial charge in [-0.3, -0.25) is 0 Å². The standard InChI is InChI=1S/C20H30N4O2/c1-14-7-10-24(11-8-14)12-9-21-19(25)22-15-5-6-17-16(13-15)23-18(26-17)20(2,3)4/h5-6,13-14H,7-12H2,1-4H3,(H2,21,22,25). The number of benzene rings is 1. The molecular formula is C20H30N4O2. The second-order valence-electron chi connectivity index (χ2n) is 8.36. The minimum absolute atomic E-state index is 0.143. The van der Waals surface area contributed by atoms with Crippen LogP contribution in [0.1, 0.15) is 46.4 Å². The summed E-state index contributed by atoms with van der Waals surface area (Å²) < 4.78 is 5.79.